The Hall–Kier alpha value is -2.33. The van der Waals surface area contributed by atoms with Gasteiger partial charge in [0.05, 0.1) is 22.5 Å². The van der Waals surface area contributed by atoms with Crippen LogP contribution in [0.1, 0.15) is 30.1 Å². The highest BCUT2D eigenvalue weighted by molar-refractivity contribution is 9.11. The van der Waals surface area contributed by atoms with Crippen molar-refractivity contribution in [2.75, 3.05) is 11.9 Å². The van der Waals surface area contributed by atoms with E-state index in [0.717, 1.165) is 54.0 Å². The Morgan fingerprint density at radius 1 is 1.12 bits per heavy atom. The van der Waals surface area contributed by atoms with E-state index in [1.54, 1.807) is 35.6 Å². The maximum Gasteiger partial charge on any atom is 0.257 e. The van der Waals surface area contributed by atoms with Gasteiger partial charge in [-0.15, -0.1) is 11.3 Å². The van der Waals surface area contributed by atoms with Crippen LogP contribution in [0, 0.1) is 0 Å². The number of thiocarbonyl (C=S) groups is 1. The van der Waals surface area contributed by atoms with E-state index in [4.69, 9.17) is 21.9 Å². The fourth-order valence-corrected chi connectivity index (χ4v) is 5.72. The molecule has 4 aromatic rings. The molecule has 1 amide bonds. The van der Waals surface area contributed by atoms with E-state index >= 15 is 0 Å². The highest BCUT2D eigenvalue weighted by Crippen LogP contribution is 2.40. The minimum absolute atomic E-state index is 0.193. The fourth-order valence-electron chi connectivity index (χ4n) is 3.21. The van der Waals surface area contributed by atoms with Gasteiger partial charge in [-0.1, -0.05) is 41.4 Å². The molecule has 0 aliphatic rings. The van der Waals surface area contributed by atoms with Gasteiger partial charge < -0.3 is 10.1 Å². The molecule has 0 fully saturated rings. The van der Waals surface area contributed by atoms with E-state index in [0.29, 0.717) is 12.2 Å². The molecule has 174 valence electrons. The number of halogens is 2. The van der Waals surface area contributed by atoms with Crippen LogP contribution in [0.2, 0.25) is 0 Å². The topological polar surface area (TPSA) is 63.2 Å². The predicted octanol–water partition coefficient (Wildman–Crippen LogP) is 7.79. The molecule has 5 nitrogen and oxygen atoms in total. The molecule has 0 saturated carbocycles. The summed E-state index contributed by atoms with van der Waals surface area (Å²) in [5.41, 5.74) is 3.02. The first-order valence-corrected chi connectivity index (χ1v) is 13.5. The molecule has 1 heterocycles. The summed E-state index contributed by atoms with van der Waals surface area (Å²) in [5, 5.41) is 6.96. The molecule has 0 radical (unpaired) electrons. The minimum atomic E-state index is -0.299. The monoisotopic (exact) mass is 617 g/mol. The summed E-state index contributed by atoms with van der Waals surface area (Å²) >= 11 is 14.2. The number of hydrogen-bond acceptors (Lipinski definition) is 5. The molecule has 0 atom stereocenters. The summed E-state index contributed by atoms with van der Waals surface area (Å²) < 4.78 is 8.44. The van der Waals surface area contributed by atoms with Gasteiger partial charge >= 0.3 is 0 Å². The third kappa shape index (κ3) is 6.02. The van der Waals surface area contributed by atoms with Gasteiger partial charge in [-0.2, -0.15) is 0 Å². The molecule has 4 rings (SSSR count). The molecule has 1 aromatic heterocycles. The maximum absolute atomic E-state index is 12.7. The molecule has 0 aliphatic carbocycles. The Morgan fingerprint density at radius 3 is 2.62 bits per heavy atom. The molecular formula is C25H21Br2N3O2S2. The molecule has 0 spiro atoms. The maximum atomic E-state index is 12.7. The Kier molecular flexibility index (Phi) is 8.31. The summed E-state index contributed by atoms with van der Waals surface area (Å²) in [6.07, 6.45) is 2.06. The number of thiazole rings is 1. The van der Waals surface area contributed by atoms with Crippen LogP contribution < -0.4 is 15.4 Å². The molecule has 3 aromatic carbocycles. The van der Waals surface area contributed by atoms with Gasteiger partial charge in [0.25, 0.3) is 5.91 Å². The summed E-state index contributed by atoms with van der Waals surface area (Å²) in [6.45, 7) is 2.78. The zero-order valence-electron chi connectivity index (χ0n) is 18.2. The largest absolute Gasteiger partial charge is 0.494 e. The Morgan fingerprint density at radius 2 is 1.88 bits per heavy atom. The second-order valence-electron chi connectivity index (χ2n) is 7.43. The molecule has 9 heteroatoms. The quantitative estimate of drug-likeness (QED) is 0.163. The van der Waals surface area contributed by atoms with Crippen molar-refractivity contribution in [2.24, 2.45) is 0 Å². The Labute approximate surface area is 224 Å². The minimum Gasteiger partial charge on any atom is -0.494 e. The number of ether oxygens (including phenoxy) is 1. The number of carbonyl (C=O) groups excluding carboxylic acids is 1. The number of carbonyl (C=O) groups is 1. The summed E-state index contributed by atoms with van der Waals surface area (Å²) in [4.78, 5) is 17.5. The van der Waals surface area contributed by atoms with E-state index in [2.05, 4.69) is 49.4 Å². The molecule has 0 aliphatic heterocycles. The van der Waals surface area contributed by atoms with Gasteiger partial charge in [0.15, 0.2) is 5.11 Å². The first kappa shape index (κ1) is 24.8. The first-order chi connectivity index (χ1) is 16.4. The Balaban J connectivity index is 1.50. The van der Waals surface area contributed by atoms with Crippen LogP contribution in [-0.2, 0) is 0 Å². The second-order valence-corrected chi connectivity index (χ2v) is 10.6. The van der Waals surface area contributed by atoms with Gasteiger partial charge in [0.1, 0.15) is 10.8 Å². The van der Waals surface area contributed by atoms with Crippen molar-refractivity contribution in [1.29, 1.82) is 0 Å². The lowest BCUT2D eigenvalue weighted by molar-refractivity contribution is 0.0977. The smallest absolute Gasteiger partial charge is 0.257 e. The van der Waals surface area contributed by atoms with Gasteiger partial charge in [-0.25, -0.2) is 4.98 Å². The van der Waals surface area contributed by atoms with Crippen molar-refractivity contribution < 1.29 is 9.53 Å². The number of amides is 1. The van der Waals surface area contributed by atoms with E-state index in [-0.39, 0.29) is 11.0 Å². The zero-order chi connectivity index (χ0) is 24.1. The van der Waals surface area contributed by atoms with Crippen molar-refractivity contribution >= 4 is 82.3 Å². The van der Waals surface area contributed by atoms with Gasteiger partial charge in [0.2, 0.25) is 0 Å². The average Bonchev–Trinajstić information content (AvgIpc) is 3.25. The van der Waals surface area contributed by atoms with Gasteiger partial charge in [-0.3, -0.25) is 10.1 Å². The summed E-state index contributed by atoms with van der Waals surface area (Å²) in [7, 11) is 0. The number of fused-ring (bicyclic) bond motifs is 1. The van der Waals surface area contributed by atoms with Crippen LogP contribution in [-0.4, -0.2) is 22.6 Å². The molecular weight excluding hydrogens is 598 g/mol. The van der Waals surface area contributed by atoms with Crippen LogP contribution in [0.25, 0.3) is 20.8 Å². The first-order valence-electron chi connectivity index (χ1n) is 10.6. The van der Waals surface area contributed by atoms with Crippen LogP contribution in [0.15, 0.2) is 69.6 Å². The van der Waals surface area contributed by atoms with Crippen LogP contribution in [0.3, 0.4) is 0 Å². The number of aromatic nitrogens is 1. The highest BCUT2D eigenvalue weighted by atomic mass is 79.9. The van der Waals surface area contributed by atoms with Crippen molar-refractivity contribution in [3.8, 4) is 16.3 Å². The van der Waals surface area contributed by atoms with Crippen LogP contribution in [0.5, 0.6) is 5.75 Å². The average molecular weight is 619 g/mol. The molecule has 0 unspecified atom stereocenters. The van der Waals surface area contributed by atoms with Gasteiger partial charge in [0, 0.05) is 20.1 Å². The number of nitrogens with one attached hydrogen (secondary N) is 2. The number of unbranched alkanes of at least 4 members (excludes halogenated alkanes) is 1. The predicted molar refractivity (Wildman–Crippen MR) is 151 cm³/mol. The van der Waals surface area contributed by atoms with Crippen molar-refractivity contribution in [1.82, 2.24) is 10.3 Å². The van der Waals surface area contributed by atoms with E-state index < -0.39 is 0 Å². The zero-order valence-corrected chi connectivity index (χ0v) is 23.0. The number of rotatable bonds is 7. The lowest BCUT2D eigenvalue weighted by atomic mass is 10.2. The number of anilines is 1. The van der Waals surface area contributed by atoms with E-state index in [1.807, 2.05) is 36.4 Å². The number of para-hydroxylation sites is 1. The molecule has 34 heavy (non-hydrogen) atoms. The molecule has 0 saturated heterocycles. The van der Waals surface area contributed by atoms with Crippen molar-refractivity contribution in [3.63, 3.8) is 0 Å². The van der Waals surface area contributed by atoms with Crippen molar-refractivity contribution in [3.05, 3.63) is 75.2 Å². The number of benzene rings is 3. The molecule has 0 bridgehead atoms. The van der Waals surface area contributed by atoms with Crippen molar-refractivity contribution in [2.45, 2.75) is 19.8 Å². The highest BCUT2D eigenvalue weighted by Gasteiger charge is 2.17. The normalized spacial score (nSPS) is 10.8. The lowest BCUT2D eigenvalue weighted by Gasteiger charge is -2.15. The van der Waals surface area contributed by atoms with Crippen LogP contribution >= 0.6 is 55.4 Å². The second kappa shape index (κ2) is 11.4. The third-order valence-electron chi connectivity index (χ3n) is 4.93. The lowest BCUT2D eigenvalue weighted by Crippen LogP contribution is -2.34. The third-order valence-corrected chi connectivity index (χ3v) is 7.29. The Bertz CT molecular complexity index is 1310. The number of nitrogens with zero attached hydrogens (tertiary/aromatic N) is 1. The molecule has 2 N–H and O–H groups in total. The fraction of sp³-hybridized carbons (Fsp3) is 0.160. The van der Waals surface area contributed by atoms with Crippen LogP contribution in [0.4, 0.5) is 5.69 Å². The SMILES string of the molecule is CCCCOc1ccc(C(=O)NC(=S)Nc2c(Br)cc(Br)cc2-c2nc3ccccc3s2)cc1. The summed E-state index contributed by atoms with van der Waals surface area (Å²) in [6, 6.07) is 18.9. The standard InChI is InChI=1S/C25H21Br2N3O2S2/c1-2-3-12-32-17-10-8-15(9-11-17)23(31)30-25(33)29-22-18(13-16(26)14-19(22)27)24-28-20-6-4-5-7-21(20)34-24/h4-11,13-14H,2-3,12H2,1H3,(H2,29,30,31,33). The van der Waals surface area contributed by atoms with E-state index in [9.17, 15) is 4.79 Å². The van der Waals surface area contributed by atoms with Gasteiger partial charge in [-0.05, 0) is 83.1 Å². The summed E-state index contributed by atoms with van der Waals surface area (Å²) in [5.74, 6) is 0.442. The van der Waals surface area contributed by atoms with E-state index in [1.165, 1.54) is 0 Å². The number of hydrogen-bond donors (Lipinski definition) is 2.